The van der Waals surface area contributed by atoms with E-state index < -0.39 is 11.7 Å². The van der Waals surface area contributed by atoms with Crippen molar-refractivity contribution in [2.75, 3.05) is 5.32 Å². The number of halogens is 1. The maximum absolute atomic E-state index is 14.0. The first-order valence-electron chi connectivity index (χ1n) is 8.29. The average Bonchev–Trinajstić information content (AvgIpc) is 3.03. The lowest BCUT2D eigenvalue weighted by atomic mass is 10.1. The summed E-state index contributed by atoms with van der Waals surface area (Å²) in [6.45, 7) is 1.99. The van der Waals surface area contributed by atoms with Gasteiger partial charge in [-0.2, -0.15) is 0 Å². The smallest absolute Gasteiger partial charge is 0.267 e. The van der Waals surface area contributed by atoms with Crippen molar-refractivity contribution in [2.24, 2.45) is 0 Å². The highest BCUT2D eigenvalue weighted by Gasteiger charge is 2.25. The SMILES string of the molecule is Cc1ccc[n+]2c(NC(=O)c3ccccc3F)c(-c3ccccc3)[nH]c12. The lowest BCUT2D eigenvalue weighted by Gasteiger charge is -2.03. The Labute approximate surface area is 149 Å². The Morgan fingerprint density at radius 1 is 1.00 bits per heavy atom. The summed E-state index contributed by atoms with van der Waals surface area (Å²) in [4.78, 5) is 16.0. The molecule has 0 aliphatic heterocycles. The number of imidazole rings is 1. The zero-order valence-corrected chi connectivity index (χ0v) is 14.2. The lowest BCUT2D eigenvalue weighted by molar-refractivity contribution is -0.494. The number of aromatic amines is 1. The van der Waals surface area contributed by atoms with E-state index >= 15 is 0 Å². The van der Waals surface area contributed by atoms with Crippen molar-refractivity contribution < 1.29 is 13.6 Å². The van der Waals surface area contributed by atoms with E-state index in [1.165, 1.54) is 12.1 Å². The average molecular weight is 346 g/mol. The number of aromatic nitrogens is 2. The fourth-order valence-electron chi connectivity index (χ4n) is 3.02. The summed E-state index contributed by atoms with van der Waals surface area (Å²) in [6.07, 6.45) is 1.86. The first-order valence-corrected chi connectivity index (χ1v) is 8.29. The Kier molecular flexibility index (Phi) is 3.97. The van der Waals surface area contributed by atoms with Crippen LogP contribution in [-0.2, 0) is 0 Å². The van der Waals surface area contributed by atoms with Crippen molar-refractivity contribution in [1.29, 1.82) is 0 Å². The van der Waals surface area contributed by atoms with Gasteiger partial charge in [-0.05, 0) is 31.2 Å². The van der Waals surface area contributed by atoms with Crippen molar-refractivity contribution in [2.45, 2.75) is 6.92 Å². The van der Waals surface area contributed by atoms with E-state index in [-0.39, 0.29) is 5.56 Å². The van der Waals surface area contributed by atoms with Gasteiger partial charge in [-0.3, -0.25) is 9.78 Å². The van der Waals surface area contributed by atoms with Gasteiger partial charge in [0.05, 0.1) is 11.8 Å². The molecule has 0 bridgehead atoms. The minimum absolute atomic E-state index is 0.00844. The van der Waals surface area contributed by atoms with Gasteiger partial charge in [-0.15, -0.1) is 0 Å². The van der Waals surface area contributed by atoms with Gasteiger partial charge in [0.2, 0.25) is 5.65 Å². The molecule has 2 heterocycles. The van der Waals surface area contributed by atoms with Crippen LogP contribution in [0.1, 0.15) is 15.9 Å². The maximum Gasteiger partial charge on any atom is 0.314 e. The standard InChI is InChI=1S/C21H16FN3O/c1-14-8-7-13-25-19(14)23-18(15-9-3-2-4-10-15)20(25)24-21(26)16-11-5-6-12-17(16)22/h2-13H,1H3,(H,24,26)/p+1. The minimum atomic E-state index is -0.549. The fraction of sp³-hybridized carbons (Fsp3) is 0.0476. The number of nitrogens with one attached hydrogen (secondary N) is 2. The molecule has 2 aromatic carbocycles. The van der Waals surface area contributed by atoms with E-state index in [4.69, 9.17) is 0 Å². The summed E-state index contributed by atoms with van der Waals surface area (Å²) in [6, 6.07) is 19.6. The van der Waals surface area contributed by atoms with Crippen LogP contribution >= 0.6 is 0 Å². The maximum atomic E-state index is 14.0. The highest BCUT2D eigenvalue weighted by Crippen LogP contribution is 2.26. The number of rotatable bonds is 3. The number of carbonyl (C=O) groups is 1. The molecule has 1 amide bonds. The molecule has 2 N–H and O–H groups in total. The molecule has 0 unspecified atom stereocenters. The first-order chi connectivity index (χ1) is 12.6. The third kappa shape index (κ3) is 2.73. The van der Waals surface area contributed by atoms with Crippen LogP contribution in [0.3, 0.4) is 0 Å². The molecule has 26 heavy (non-hydrogen) atoms. The molecule has 0 aliphatic rings. The number of amides is 1. The third-order valence-corrected chi connectivity index (χ3v) is 4.33. The van der Waals surface area contributed by atoms with Crippen LogP contribution in [0.15, 0.2) is 72.9 Å². The van der Waals surface area contributed by atoms with Crippen LogP contribution in [0.5, 0.6) is 0 Å². The van der Waals surface area contributed by atoms with Crippen molar-refractivity contribution in [3.8, 4) is 11.3 Å². The number of anilines is 1. The quantitative estimate of drug-likeness (QED) is 0.539. The number of H-pyrrole nitrogens is 1. The highest BCUT2D eigenvalue weighted by atomic mass is 19.1. The molecule has 2 aromatic heterocycles. The van der Waals surface area contributed by atoms with Gasteiger partial charge in [0, 0.05) is 11.1 Å². The molecule has 128 valence electrons. The molecular formula is C21H17FN3O+. The fourth-order valence-corrected chi connectivity index (χ4v) is 3.02. The number of benzene rings is 2. The predicted molar refractivity (Wildman–Crippen MR) is 98.5 cm³/mol. The Hall–Kier alpha value is -3.47. The Balaban J connectivity index is 1.87. The second-order valence-corrected chi connectivity index (χ2v) is 6.06. The Bertz CT molecular complexity index is 1100. The summed E-state index contributed by atoms with van der Waals surface area (Å²) < 4.78 is 15.9. The number of carbonyl (C=O) groups excluding carboxylic acids is 1. The monoisotopic (exact) mass is 346 g/mol. The molecule has 0 aliphatic carbocycles. The van der Waals surface area contributed by atoms with E-state index in [0.717, 1.165) is 22.5 Å². The number of fused-ring (bicyclic) bond motifs is 1. The molecule has 4 rings (SSSR count). The molecule has 4 aromatic rings. The van der Waals surface area contributed by atoms with Crippen LogP contribution in [0.4, 0.5) is 10.2 Å². The molecular weight excluding hydrogens is 329 g/mol. The molecule has 0 fully saturated rings. The predicted octanol–water partition coefficient (Wildman–Crippen LogP) is 4.12. The van der Waals surface area contributed by atoms with Crippen LogP contribution in [-0.4, -0.2) is 10.9 Å². The van der Waals surface area contributed by atoms with Crippen LogP contribution in [0, 0.1) is 12.7 Å². The Morgan fingerprint density at radius 3 is 2.50 bits per heavy atom. The van der Waals surface area contributed by atoms with Gasteiger partial charge < -0.3 is 0 Å². The van der Waals surface area contributed by atoms with E-state index in [9.17, 15) is 9.18 Å². The first kappa shape index (κ1) is 16.0. The molecule has 0 saturated heterocycles. The van der Waals surface area contributed by atoms with Gasteiger partial charge in [0.1, 0.15) is 5.82 Å². The normalized spacial score (nSPS) is 10.8. The zero-order valence-electron chi connectivity index (χ0n) is 14.2. The second kappa shape index (κ2) is 6.44. The second-order valence-electron chi connectivity index (χ2n) is 6.06. The van der Waals surface area contributed by atoms with Crippen molar-refractivity contribution in [1.82, 2.24) is 4.98 Å². The largest absolute Gasteiger partial charge is 0.314 e. The molecule has 0 saturated carbocycles. The van der Waals surface area contributed by atoms with E-state index in [1.54, 1.807) is 12.1 Å². The van der Waals surface area contributed by atoms with E-state index in [1.807, 2.05) is 60.0 Å². The van der Waals surface area contributed by atoms with Crippen molar-refractivity contribution in [3.63, 3.8) is 0 Å². The number of pyridine rings is 1. The number of nitrogens with zero attached hydrogens (tertiary/aromatic N) is 1. The van der Waals surface area contributed by atoms with Gasteiger partial charge in [0.15, 0.2) is 5.69 Å². The van der Waals surface area contributed by atoms with Gasteiger partial charge in [-0.1, -0.05) is 42.5 Å². The summed E-state index contributed by atoms with van der Waals surface area (Å²) in [5.41, 5.74) is 3.62. The molecule has 0 radical (unpaired) electrons. The Morgan fingerprint density at radius 2 is 1.73 bits per heavy atom. The minimum Gasteiger partial charge on any atom is -0.267 e. The number of hydrogen-bond acceptors (Lipinski definition) is 1. The van der Waals surface area contributed by atoms with Gasteiger partial charge in [0.25, 0.3) is 5.82 Å². The topological polar surface area (TPSA) is 49.0 Å². The summed E-state index contributed by atoms with van der Waals surface area (Å²) in [5.74, 6) is -0.467. The molecule has 4 nitrogen and oxygen atoms in total. The van der Waals surface area contributed by atoms with Crippen molar-refractivity contribution in [3.05, 3.63) is 89.9 Å². The number of aryl methyl sites for hydroxylation is 1. The molecule has 5 heteroatoms. The number of hydrogen-bond donors (Lipinski definition) is 2. The van der Waals surface area contributed by atoms with Crippen LogP contribution < -0.4 is 9.72 Å². The summed E-state index contributed by atoms with van der Waals surface area (Å²) >= 11 is 0. The molecule has 0 spiro atoms. The molecule has 0 atom stereocenters. The third-order valence-electron chi connectivity index (χ3n) is 4.33. The van der Waals surface area contributed by atoms with E-state index in [0.29, 0.717) is 5.82 Å². The summed E-state index contributed by atoms with van der Waals surface area (Å²) in [7, 11) is 0. The summed E-state index contributed by atoms with van der Waals surface area (Å²) in [5, 5.41) is 2.87. The van der Waals surface area contributed by atoms with Crippen LogP contribution in [0.25, 0.3) is 16.9 Å². The van der Waals surface area contributed by atoms with Crippen LogP contribution in [0.2, 0.25) is 0 Å². The van der Waals surface area contributed by atoms with E-state index in [2.05, 4.69) is 10.3 Å². The van der Waals surface area contributed by atoms with Gasteiger partial charge >= 0.3 is 5.91 Å². The van der Waals surface area contributed by atoms with Crippen molar-refractivity contribution >= 4 is 17.4 Å². The zero-order chi connectivity index (χ0) is 18.1. The van der Waals surface area contributed by atoms with Gasteiger partial charge in [-0.25, -0.2) is 14.1 Å². The lowest BCUT2D eigenvalue weighted by Crippen LogP contribution is -2.27. The highest BCUT2D eigenvalue weighted by molar-refractivity contribution is 6.05.